The van der Waals surface area contributed by atoms with Gasteiger partial charge in [0.25, 0.3) is 0 Å². The van der Waals surface area contributed by atoms with Crippen LogP contribution in [-0.4, -0.2) is 22.4 Å². The smallest absolute Gasteiger partial charge is 0.0760 e. The van der Waals surface area contributed by atoms with Crippen LogP contribution in [0.4, 0.5) is 0 Å². The first kappa shape index (κ1) is 16.3. The summed E-state index contributed by atoms with van der Waals surface area (Å²) in [4.78, 5) is 0. The topological polar surface area (TPSA) is 40.5 Å². The summed E-state index contributed by atoms with van der Waals surface area (Å²) in [5.74, 6) is 3.23. The second kappa shape index (κ2) is 5.49. The van der Waals surface area contributed by atoms with E-state index in [2.05, 4.69) is 20.4 Å². The highest BCUT2D eigenvalue weighted by molar-refractivity contribution is 5.24. The molecule has 3 rings (SSSR count). The van der Waals surface area contributed by atoms with Crippen LogP contribution in [0.15, 0.2) is 23.8 Å². The van der Waals surface area contributed by atoms with Gasteiger partial charge in [0, 0.05) is 5.41 Å². The Hall–Kier alpha value is -0.600. The highest BCUT2D eigenvalue weighted by Crippen LogP contribution is 2.73. The highest BCUT2D eigenvalue weighted by atomic mass is 16.3. The highest BCUT2D eigenvalue weighted by Gasteiger charge is 2.70. The predicted molar refractivity (Wildman–Crippen MR) is 90.3 cm³/mol. The van der Waals surface area contributed by atoms with Crippen LogP contribution < -0.4 is 0 Å². The van der Waals surface area contributed by atoms with E-state index in [0.717, 1.165) is 29.4 Å². The summed E-state index contributed by atoms with van der Waals surface area (Å²) in [5.41, 5.74) is 2.39. The first-order valence-electron chi connectivity index (χ1n) is 8.95. The maximum absolute atomic E-state index is 10.7. The number of fused-ring (bicyclic) bond motifs is 4. The Bertz CT molecular complexity index is 490. The van der Waals surface area contributed by atoms with Crippen molar-refractivity contribution < 1.29 is 10.2 Å². The van der Waals surface area contributed by atoms with Gasteiger partial charge >= 0.3 is 0 Å². The molecule has 22 heavy (non-hydrogen) atoms. The van der Waals surface area contributed by atoms with Crippen molar-refractivity contribution in [1.82, 2.24) is 0 Å². The molecule has 124 valence electrons. The quantitative estimate of drug-likeness (QED) is 0.772. The van der Waals surface area contributed by atoms with Gasteiger partial charge < -0.3 is 10.2 Å². The molecule has 2 nitrogen and oxygen atoms in total. The van der Waals surface area contributed by atoms with Crippen molar-refractivity contribution in [1.29, 1.82) is 0 Å². The van der Waals surface area contributed by atoms with Crippen LogP contribution in [0.2, 0.25) is 0 Å². The summed E-state index contributed by atoms with van der Waals surface area (Å²) >= 11 is 0. The van der Waals surface area contributed by atoms with Crippen LogP contribution in [0, 0.1) is 35.0 Å². The Morgan fingerprint density at radius 2 is 2.05 bits per heavy atom. The second-order valence-electron chi connectivity index (χ2n) is 8.66. The molecule has 0 spiro atoms. The first-order valence-corrected chi connectivity index (χ1v) is 8.95. The van der Waals surface area contributed by atoms with E-state index in [-0.39, 0.29) is 11.5 Å². The molecule has 0 bridgehead atoms. The van der Waals surface area contributed by atoms with E-state index in [1.807, 2.05) is 19.9 Å². The zero-order valence-electron chi connectivity index (χ0n) is 14.5. The van der Waals surface area contributed by atoms with Gasteiger partial charge in [-0.25, -0.2) is 0 Å². The molecular weight excluding hydrogens is 272 g/mol. The zero-order valence-corrected chi connectivity index (χ0v) is 14.5. The fraction of sp³-hybridized carbons (Fsp3) is 0.800. The first-order chi connectivity index (χ1) is 10.3. The van der Waals surface area contributed by atoms with E-state index >= 15 is 0 Å². The summed E-state index contributed by atoms with van der Waals surface area (Å²) in [7, 11) is 0. The molecule has 3 saturated carbocycles. The molecule has 3 aliphatic rings. The number of hydrogen-bond donors (Lipinski definition) is 2. The second-order valence-corrected chi connectivity index (χ2v) is 8.66. The van der Waals surface area contributed by atoms with Gasteiger partial charge in [-0.3, -0.25) is 0 Å². The minimum absolute atomic E-state index is 0.102. The van der Waals surface area contributed by atoms with E-state index in [9.17, 15) is 10.2 Å². The third-order valence-electron chi connectivity index (χ3n) is 7.14. The third kappa shape index (κ3) is 2.22. The van der Waals surface area contributed by atoms with Crippen LogP contribution in [0.3, 0.4) is 0 Å². The SMILES string of the molecule is C=C(C[C@H](O)C=C(C)C)[C@@H]1C[C@@H](O)[C@@]2(C)[C@@H]1[C@@H]1[C@H](C)CC[C@@H]12. The maximum Gasteiger partial charge on any atom is 0.0760 e. The molecule has 0 aromatic rings. The van der Waals surface area contributed by atoms with Crippen molar-refractivity contribution >= 4 is 0 Å². The summed E-state index contributed by atoms with van der Waals surface area (Å²) in [6.07, 6.45) is 5.38. The number of aliphatic hydroxyl groups is 2. The fourth-order valence-corrected chi connectivity index (χ4v) is 6.19. The molecule has 0 radical (unpaired) electrons. The van der Waals surface area contributed by atoms with E-state index < -0.39 is 6.10 Å². The summed E-state index contributed by atoms with van der Waals surface area (Å²) in [6, 6.07) is 0. The molecule has 2 N–H and O–H groups in total. The van der Waals surface area contributed by atoms with Crippen LogP contribution in [0.25, 0.3) is 0 Å². The summed E-state index contributed by atoms with van der Waals surface area (Å²) < 4.78 is 0. The van der Waals surface area contributed by atoms with E-state index in [0.29, 0.717) is 24.2 Å². The molecular formula is C20H32O2. The molecule has 0 aromatic carbocycles. The van der Waals surface area contributed by atoms with Crippen LogP contribution in [-0.2, 0) is 0 Å². The van der Waals surface area contributed by atoms with Gasteiger partial charge in [-0.1, -0.05) is 44.1 Å². The molecule has 0 aliphatic heterocycles. The van der Waals surface area contributed by atoms with Crippen LogP contribution in [0.1, 0.15) is 53.4 Å². The molecule has 0 aromatic heterocycles. The van der Waals surface area contributed by atoms with Gasteiger partial charge in [0.05, 0.1) is 12.2 Å². The number of hydrogen-bond acceptors (Lipinski definition) is 2. The zero-order chi connectivity index (χ0) is 16.2. The van der Waals surface area contributed by atoms with Crippen molar-refractivity contribution in [3.05, 3.63) is 23.8 Å². The number of rotatable bonds is 4. The lowest BCUT2D eigenvalue weighted by molar-refractivity contribution is -0.143. The van der Waals surface area contributed by atoms with Gasteiger partial charge in [-0.15, -0.1) is 0 Å². The average molecular weight is 304 g/mol. The van der Waals surface area contributed by atoms with Gasteiger partial charge in [0.2, 0.25) is 0 Å². The molecule has 8 atom stereocenters. The van der Waals surface area contributed by atoms with Crippen molar-refractivity contribution in [2.75, 3.05) is 0 Å². The summed E-state index contributed by atoms with van der Waals surface area (Å²) in [5, 5.41) is 20.9. The van der Waals surface area contributed by atoms with Crippen molar-refractivity contribution in [2.24, 2.45) is 35.0 Å². The fourth-order valence-electron chi connectivity index (χ4n) is 6.19. The van der Waals surface area contributed by atoms with Gasteiger partial charge in [-0.2, -0.15) is 0 Å². The van der Waals surface area contributed by atoms with Crippen molar-refractivity contribution in [3.63, 3.8) is 0 Å². The third-order valence-corrected chi connectivity index (χ3v) is 7.14. The standard InChI is InChI=1S/C20H32O2/c1-11(2)8-14(21)9-13(4)15-10-17(22)20(5)16-7-6-12(3)18(16)19(15)20/h8,12,14-19,21-22H,4,6-7,9-10H2,1-3,5H3/t12-,14-,15+,16+,17-,18-,19+,20+/m1/s1. The maximum atomic E-state index is 10.7. The van der Waals surface area contributed by atoms with Gasteiger partial charge in [0.1, 0.15) is 0 Å². The largest absolute Gasteiger partial charge is 0.393 e. The number of aliphatic hydroxyl groups excluding tert-OH is 2. The van der Waals surface area contributed by atoms with Crippen molar-refractivity contribution in [2.45, 2.75) is 65.6 Å². The van der Waals surface area contributed by atoms with E-state index in [1.165, 1.54) is 12.8 Å². The summed E-state index contributed by atoms with van der Waals surface area (Å²) in [6.45, 7) is 13.0. The number of allylic oxidation sites excluding steroid dienone is 1. The van der Waals surface area contributed by atoms with Gasteiger partial charge in [-0.05, 0) is 62.7 Å². The molecule has 0 amide bonds. The monoisotopic (exact) mass is 304 g/mol. The minimum atomic E-state index is -0.432. The van der Waals surface area contributed by atoms with Gasteiger partial charge in [0.15, 0.2) is 0 Å². The predicted octanol–water partition coefficient (Wildman–Crippen LogP) is 3.94. The van der Waals surface area contributed by atoms with Crippen LogP contribution >= 0.6 is 0 Å². The van der Waals surface area contributed by atoms with E-state index in [1.54, 1.807) is 0 Å². The lowest BCUT2D eigenvalue weighted by atomic mass is 9.46. The molecule has 0 heterocycles. The van der Waals surface area contributed by atoms with Crippen LogP contribution in [0.5, 0.6) is 0 Å². The lowest BCUT2D eigenvalue weighted by Crippen LogP contribution is -2.57. The van der Waals surface area contributed by atoms with Crippen molar-refractivity contribution in [3.8, 4) is 0 Å². The van der Waals surface area contributed by atoms with E-state index in [4.69, 9.17) is 0 Å². The Morgan fingerprint density at radius 1 is 1.36 bits per heavy atom. The Labute approximate surface area is 135 Å². The molecule has 2 heteroatoms. The molecule has 0 unspecified atom stereocenters. The Balaban J connectivity index is 1.75. The molecule has 3 fully saturated rings. The Morgan fingerprint density at radius 3 is 2.68 bits per heavy atom. The minimum Gasteiger partial charge on any atom is -0.393 e. The lowest BCUT2D eigenvalue weighted by Gasteiger charge is -2.58. The normalized spacial score (nSPS) is 47.4. The molecule has 0 saturated heterocycles. The molecule has 3 aliphatic carbocycles. The Kier molecular flexibility index (Phi) is 4.06. The average Bonchev–Trinajstić information content (AvgIpc) is 2.83.